The Morgan fingerprint density at radius 3 is 1.85 bits per heavy atom. The van der Waals surface area contributed by atoms with E-state index in [1.807, 2.05) is 0 Å². The van der Waals surface area contributed by atoms with Crippen molar-refractivity contribution in [3.8, 4) is 0 Å². The lowest BCUT2D eigenvalue weighted by molar-refractivity contribution is -0.157. The standard InChI is InChI=1S/C39H71N5O9S/c1-3-5-7-9-11-13-15-17-19-21-23-34(46)51-27-30(52-35(47)24-22-20-18-16-14-12-10-8-6-4-2)28-54-29-31(40)38(50)41-33-25-44(43-42-33)39-37(49)36(48)32(26-45)53-39/h25,30-32,36-37,39,45,48-49H,3-24,26-29,40H2,1-2H3,(H,41,50)/t30?,31?,32?,36-,37+,39+/m1/s1. The highest BCUT2D eigenvalue weighted by Gasteiger charge is 2.44. The predicted molar refractivity (Wildman–Crippen MR) is 211 cm³/mol. The smallest absolute Gasteiger partial charge is 0.306 e. The lowest BCUT2D eigenvalue weighted by Gasteiger charge is -2.19. The van der Waals surface area contributed by atoms with Gasteiger partial charge in [0.2, 0.25) is 5.91 Å². The SMILES string of the molecule is CCCCCCCCCCCCC(=O)OCC(CSCC(N)C(=O)Nc1cn([C@H]2OC(CO)[C@@H](O)[C@@H]2O)nn1)OC(=O)CCCCCCCCCCCC. The zero-order chi connectivity index (χ0) is 39.4. The first kappa shape index (κ1) is 47.9. The Bertz CT molecular complexity index is 1150. The number of rotatable bonds is 33. The summed E-state index contributed by atoms with van der Waals surface area (Å²) in [6, 6.07) is -0.948. The van der Waals surface area contributed by atoms with Gasteiger partial charge in [0.1, 0.15) is 31.0 Å². The molecule has 0 aliphatic carbocycles. The van der Waals surface area contributed by atoms with Gasteiger partial charge in [0.25, 0.3) is 0 Å². The Kier molecular flexibility index (Phi) is 26.5. The molecule has 312 valence electrons. The van der Waals surface area contributed by atoms with E-state index in [-0.39, 0.29) is 35.9 Å². The Balaban J connectivity index is 1.76. The van der Waals surface area contributed by atoms with E-state index in [4.69, 9.17) is 19.9 Å². The first-order valence-electron chi connectivity index (χ1n) is 20.7. The maximum atomic E-state index is 12.8. The Morgan fingerprint density at radius 1 is 0.815 bits per heavy atom. The van der Waals surface area contributed by atoms with Crippen LogP contribution in [0.25, 0.3) is 0 Å². The highest BCUT2D eigenvalue weighted by molar-refractivity contribution is 7.99. The van der Waals surface area contributed by atoms with Crippen LogP contribution in [-0.2, 0) is 28.6 Å². The molecule has 2 heterocycles. The van der Waals surface area contributed by atoms with Crippen molar-refractivity contribution >= 4 is 35.4 Å². The fourth-order valence-electron chi connectivity index (χ4n) is 6.31. The lowest BCUT2D eigenvalue weighted by Crippen LogP contribution is -2.38. The summed E-state index contributed by atoms with van der Waals surface area (Å²) in [6.07, 6.45) is 19.9. The second-order valence-electron chi connectivity index (χ2n) is 14.6. The van der Waals surface area contributed by atoms with Gasteiger partial charge < -0.3 is 40.6 Å². The molecule has 14 nitrogen and oxygen atoms in total. The summed E-state index contributed by atoms with van der Waals surface area (Å²) in [6.45, 7) is 3.90. The van der Waals surface area contributed by atoms with E-state index in [1.54, 1.807) is 0 Å². The third-order valence-electron chi connectivity index (χ3n) is 9.67. The van der Waals surface area contributed by atoms with E-state index in [1.165, 1.54) is 108 Å². The van der Waals surface area contributed by atoms with Crippen LogP contribution in [0.15, 0.2) is 6.20 Å². The van der Waals surface area contributed by atoms with Gasteiger partial charge in [-0.15, -0.1) is 5.10 Å². The molecule has 1 aliphatic heterocycles. The zero-order valence-corrected chi connectivity index (χ0v) is 33.9. The number of nitrogens with one attached hydrogen (secondary N) is 1. The van der Waals surface area contributed by atoms with Gasteiger partial charge in [-0.25, -0.2) is 4.68 Å². The molecule has 1 fully saturated rings. The van der Waals surface area contributed by atoms with Gasteiger partial charge in [-0.1, -0.05) is 135 Å². The number of unbranched alkanes of at least 4 members (excludes halogenated alkanes) is 18. The van der Waals surface area contributed by atoms with Gasteiger partial charge in [0, 0.05) is 24.3 Å². The number of ether oxygens (including phenoxy) is 3. The molecule has 1 aromatic heterocycles. The number of esters is 2. The quantitative estimate of drug-likeness (QED) is 0.0412. The Labute approximate surface area is 327 Å². The number of amides is 1. The van der Waals surface area contributed by atoms with Crippen LogP contribution in [0, 0.1) is 0 Å². The number of thioether (sulfide) groups is 1. The summed E-state index contributed by atoms with van der Waals surface area (Å²) < 4.78 is 17.9. The number of carbonyl (C=O) groups is 3. The molecule has 0 radical (unpaired) electrons. The summed E-state index contributed by atoms with van der Waals surface area (Å²) in [4.78, 5) is 38.1. The molecule has 1 aromatic rings. The van der Waals surface area contributed by atoms with Crippen molar-refractivity contribution < 1.29 is 43.9 Å². The molecule has 0 spiro atoms. The molecular weight excluding hydrogens is 715 g/mol. The van der Waals surface area contributed by atoms with Gasteiger partial charge in [-0.05, 0) is 12.8 Å². The molecule has 54 heavy (non-hydrogen) atoms. The molecule has 15 heteroatoms. The van der Waals surface area contributed by atoms with Crippen LogP contribution in [0.3, 0.4) is 0 Å². The largest absolute Gasteiger partial charge is 0.462 e. The number of anilines is 1. The van der Waals surface area contributed by atoms with E-state index in [0.29, 0.717) is 12.8 Å². The summed E-state index contributed by atoms with van der Waals surface area (Å²) in [5.41, 5.74) is 6.15. The molecule has 0 bridgehead atoms. The minimum absolute atomic E-state index is 0.0567. The van der Waals surface area contributed by atoms with Crippen LogP contribution in [0.4, 0.5) is 5.82 Å². The first-order valence-corrected chi connectivity index (χ1v) is 21.9. The first-order chi connectivity index (χ1) is 26.2. The fraction of sp³-hybridized carbons (Fsp3) is 0.872. The normalized spacial score (nSPS) is 19.4. The van der Waals surface area contributed by atoms with E-state index in [0.717, 1.165) is 43.2 Å². The van der Waals surface area contributed by atoms with Crippen LogP contribution >= 0.6 is 11.8 Å². The maximum absolute atomic E-state index is 12.8. The number of aliphatic hydroxyl groups excluding tert-OH is 3. The summed E-state index contributed by atoms with van der Waals surface area (Å²) in [7, 11) is 0. The Hall–Kier alpha value is -2.30. The van der Waals surface area contributed by atoms with Crippen LogP contribution in [0.2, 0.25) is 0 Å². The van der Waals surface area contributed by atoms with Crippen molar-refractivity contribution in [2.45, 2.75) is 192 Å². The van der Waals surface area contributed by atoms with Gasteiger partial charge >= 0.3 is 11.9 Å². The molecule has 2 rings (SSSR count). The van der Waals surface area contributed by atoms with Gasteiger partial charge in [0.05, 0.1) is 18.8 Å². The van der Waals surface area contributed by atoms with Gasteiger partial charge in [0.15, 0.2) is 12.0 Å². The number of nitrogens with two attached hydrogens (primary N) is 1. The highest BCUT2D eigenvalue weighted by atomic mass is 32.2. The van der Waals surface area contributed by atoms with Crippen molar-refractivity contribution in [3.63, 3.8) is 0 Å². The maximum Gasteiger partial charge on any atom is 0.306 e. The van der Waals surface area contributed by atoms with E-state index < -0.39 is 49.2 Å². The highest BCUT2D eigenvalue weighted by Crippen LogP contribution is 2.29. The average Bonchev–Trinajstić information content (AvgIpc) is 3.74. The van der Waals surface area contributed by atoms with Crippen molar-refractivity contribution in [1.29, 1.82) is 0 Å². The molecule has 6 N–H and O–H groups in total. The van der Waals surface area contributed by atoms with Crippen molar-refractivity contribution in [3.05, 3.63) is 6.20 Å². The van der Waals surface area contributed by atoms with Crippen molar-refractivity contribution in [1.82, 2.24) is 15.0 Å². The minimum atomic E-state index is -1.35. The summed E-state index contributed by atoms with van der Waals surface area (Å²) in [5.74, 6) is -0.632. The van der Waals surface area contributed by atoms with E-state index in [9.17, 15) is 29.7 Å². The van der Waals surface area contributed by atoms with Crippen LogP contribution in [0.5, 0.6) is 0 Å². The van der Waals surface area contributed by atoms with Crippen LogP contribution in [-0.4, -0.2) is 103 Å². The average molecular weight is 786 g/mol. The molecule has 1 aliphatic rings. The summed E-state index contributed by atoms with van der Waals surface area (Å²) >= 11 is 1.31. The second-order valence-corrected chi connectivity index (χ2v) is 15.7. The number of hydrogen-bond acceptors (Lipinski definition) is 13. The van der Waals surface area contributed by atoms with Crippen LogP contribution in [0.1, 0.15) is 161 Å². The fourth-order valence-corrected chi connectivity index (χ4v) is 7.28. The Morgan fingerprint density at radius 2 is 1.33 bits per heavy atom. The monoisotopic (exact) mass is 785 g/mol. The van der Waals surface area contributed by atoms with Gasteiger partial charge in [-0.2, -0.15) is 11.8 Å². The molecule has 1 amide bonds. The van der Waals surface area contributed by atoms with Crippen molar-refractivity contribution in [2.75, 3.05) is 30.0 Å². The van der Waals surface area contributed by atoms with Crippen molar-refractivity contribution in [2.24, 2.45) is 5.73 Å². The third kappa shape index (κ3) is 20.6. The number of nitrogens with zero attached hydrogens (tertiary/aromatic N) is 3. The van der Waals surface area contributed by atoms with Gasteiger partial charge in [-0.3, -0.25) is 14.4 Å². The number of aromatic nitrogens is 3. The summed E-state index contributed by atoms with van der Waals surface area (Å²) in [5, 5.41) is 39.8. The molecule has 0 aromatic carbocycles. The van der Waals surface area contributed by atoms with Crippen LogP contribution < -0.4 is 11.1 Å². The number of hydrogen-bond donors (Lipinski definition) is 5. The number of carbonyl (C=O) groups excluding carboxylic acids is 3. The third-order valence-corrected chi connectivity index (χ3v) is 10.9. The molecular formula is C39H71N5O9S. The molecule has 3 unspecified atom stereocenters. The van der Waals surface area contributed by atoms with E-state index >= 15 is 0 Å². The number of aliphatic hydroxyl groups is 3. The zero-order valence-electron chi connectivity index (χ0n) is 33.0. The predicted octanol–water partition coefficient (Wildman–Crippen LogP) is 5.97. The van der Waals surface area contributed by atoms with E-state index in [2.05, 4.69) is 29.5 Å². The second kappa shape index (κ2) is 29.9. The molecule has 6 atom stereocenters. The molecule has 1 saturated heterocycles. The topological polar surface area (TPSA) is 208 Å². The molecule has 0 saturated carbocycles. The minimum Gasteiger partial charge on any atom is -0.462 e. The lowest BCUT2D eigenvalue weighted by atomic mass is 10.1.